The second-order valence-corrected chi connectivity index (χ2v) is 4.88. The topological polar surface area (TPSA) is 91.7 Å². The van der Waals surface area contributed by atoms with Gasteiger partial charge >= 0.3 is 17.1 Å². The number of H-pyrrole nitrogens is 1. The van der Waals surface area contributed by atoms with Crippen molar-refractivity contribution in [2.24, 2.45) is 0 Å². The van der Waals surface area contributed by atoms with E-state index in [-0.39, 0.29) is 28.0 Å². The van der Waals surface area contributed by atoms with Crippen LogP contribution in [0.1, 0.15) is 17.0 Å². The van der Waals surface area contributed by atoms with Gasteiger partial charge < -0.3 is 11.0 Å². The summed E-state index contributed by atoms with van der Waals surface area (Å²) in [6.45, 7) is 3.68. The average Bonchev–Trinajstić information content (AvgIpc) is 2.08. The van der Waals surface area contributed by atoms with Crippen LogP contribution >= 0.6 is 35.8 Å². The standard InChI is InChI=1S/C6H8Cl2N2S.Cu.2H2O/c1-3-5(6(7,8)11)4(2)10-9-3;;;/h11H,1-2H3,(H,9,10);;2*1H2/q;+2;;. The third kappa shape index (κ3) is 4.40. The van der Waals surface area contributed by atoms with E-state index in [0.717, 1.165) is 17.0 Å². The predicted molar refractivity (Wildman–Crippen MR) is 57.7 cm³/mol. The van der Waals surface area contributed by atoms with E-state index < -0.39 is 3.67 Å². The molecule has 4 nitrogen and oxygen atoms in total. The van der Waals surface area contributed by atoms with Crippen molar-refractivity contribution in [1.29, 1.82) is 0 Å². The Hall–Kier alpha value is 0.579. The summed E-state index contributed by atoms with van der Waals surface area (Å²) in [4.78, 5) is 0. The SMILES string of the molecule is Cc1n[nH]c(C)c1C(S)(Cl)Cl.O.O.[Cu+2]. The number of aryl methyl sites for hydroxylation is 2. The maximum Gasteiger partial charge on any atom is 2.00 e. The van der Waals surface area contributed by atoms with E-state index in [2.05, 4.69) is 22.8 Å². The molecule has 5 N–H and O–H groups in total. The van der Waals surface area contributed by atoms with E-state index >= 15 is 0 Å². The first-order chi connectivity index (χ1) is 4.93. The molecule has 8 heteroatoms. The zero-order valence-corrected chi connectivity index (χ0v) is 10.8. The number of halogens is 2. The van der Waals surface area contributed by atoms with Gasteiger partial charge in [-0.3, -0.25) is 5.10 Å². The first kappa shape index (κ1) is 20.1. The Balaban J connectivity index is -0.000000403. The Kier molecular flexibility index (Phi) is 9.96. The van der Waals surface area contributed by atoms with Crippen molar-refractivity contribution in [3.05, 3.63) is 17.0 Å². The molecule has 0 aromatic carbocycles. The Morgan fingerprint density at radius 2 is 1.71 bits per heavy atom. The fourth-order valence-electron chi connectivity index (χ4n) is 0.994. The zero-order chi connectivity index (χ0) is 8.65. The van der Waals surface area contributed by atoms with E-state index in [1.807, 2.05) is 13.8 Å². The van der Waals surface area contributed by atoms with Gasteiger partial charge in [-0.1, -0.05) is 23.2 Å². The van der Waals surface area contributed by atoms with Gasteiger partial charge in [0.15, 0.2) is 3.67 Å². The minimum absolute atomic E-state index is 0. The monoisotopic (exact) mass is 309 g/mol. The number of aromatic amines is 1. The van der Waals surface area contributed by atoms with E-state index in [0.29, 0.717) is 0 Å². The van der Waals surface area contributed by atoms with Crippen LogP contribution in [0.5, 0.6) is 0 Å². The van der Waals surface area contributed by atoms with Crippen LogP contribution in [-0.4, -0.2) is 21.1 Å². The Morgan fingerprint density at radius 3 is 1.86 bits per heavy atom. The third-order valence-electron chi connectivity index (χ3n) is 1.43. The zero-order valence-electron chi connectivity index (χ0n) is 7.45. The van der Waals surface area contributed by atoms with Crippen molar-refractivity contribution >= 4 is 35.8 Å². The minimum Gasteiger partial charge on any atom is -0.412 e. The summed E-state index contributed by atoms with van der Waals surface area (Å²) in [5, 5.41) is 6.72. The number of hydrogen-bond donors (Lipinski definition) is 2. The molecule has 14 heavy (non-hydrogen) atoms. The molecule has 0 aliphatic carbocycles. The van der Waals surface area contributed by atoms with Crippen LogP contribution in [0.4, 0.5) is 0 Å². The van der Waals surface area contributed by atoms with Crippen molar-refractivity contribution in [3.8, 4) is 0 Å². The van der Waals surface area contributed by atoms with Crippen molar-refractivity contribution in [1.82, 2.24) is 10.2 Å². The molecule has 0 atom stereocenters. The van der Waals surface area contributed by atoms with Crippen molar-refractivity contribution in [3.63, 3.8) is 0 Å². The fourth-order valence-corrected chi connectivity index (χ4v) is 1.88. The van der Waals surface area contributed by atoms with Gasteiger partial charge in [-0.25, -0.2) is 0 Å². The van der Waals surface area contributed by atoms with Gasteiger partial charge in [0, 0.05) is 11.3 Å². The quantitative estimate of drug-likeness (QED) is 0.450. The molecule has 0 spiro atoms. The second kappa shape index (κ2) is 6.95. The molecule has 1 aromatic heterocycles. The van der Waals surface area contributed by atoms with Crippen LogP contribution in [0.15, 0.2) is 0 Å². The van der Waals surface area contributed by atoms with Crippen LogP contribution in [0, 0.1) is 13.8 Å². The van der Waals surface area contributed by atoms with E-state index in [1.54, 1.807) is 0 Å². The summed E-state index contributed by atoms with van der Waals surface area (Å²) in [5.74, 6) is 0. The van der Waals surface area contributed by atoms with Gasteiger partial charge in [0.2, 0.25) is 0 Å². The number of nitrogens with zero attached hydrogens (tertiary/aromatic N) is 1. The number of thiol groups is 1. The maximum atomic E-state index is 5.78. The van der Waals surface area contributed by atoms with Gasteiger partial charge in [0.05, 0.1) is 5.69 Å². The Labute approximate surface area is 108 Å². The molecule has 0 amide bonds. The molecule has 0 bridgehead atoms. The summed E-state index contributed by atoms with van der Waals surface area (Å²) < 4.78 is -1.15. The first-order valence-electron chi connectivity index (χ1n) is 3.05. The summed E-state index contributed by atoms with van der Waals surface area (Å²) in [6.07, 6.45) is 0. The summed E-state index contributed by atoms with van der Waals surface area (Å²) in [7, 11) is 0. The molecule has 1 radical (unpaired) electrons. The van der Waals surface area contributed by atoms with Crippen LogP contribution in [0.2, 0.25) is 0 Å². The summed E-state index contributed by atoms with van der Waals surface area (Å²) in [5.41, 5.74) is 2.37. The van der Waals surface area contributed by atoms with E-state index in [4.69, 9.17) is 23.2 Å². The predicted octanol–water partition coefficient (Wildman–Crippen LogP) is 0.892. The number of alkyl halides is 2. The summed E-state index contributed by atoms with van der Waals surface area (Å²) >= 11 is 15.6. The van der Waals surface area contributed by atoms with Crippen LogP contribution < -0.4 is 0 Å². The van der Waals surface area contributed by atoms with Gasteiger partial charge in [-0.15, -0.1) is 12.6 Å². The number of nitrogens with one attached hydrogen (secondary N) is 1. The Morgan fingerprint density at radius 1 is 1.29 bits per heavy atom. The van der Waals surface area contributed by atoms with Crippen molar-refractivity contribution in [2.75, 3.05) is 0 Å². The molecule has 1 rings (SSSR count). The molecule has 0 fully saturated rings. The largest absolute Gasteiger partial charge is 2.00 e. The molecular weight excluding hydrogens is 299 g/mol. The van der Waals surface area contributed by atoms with Crippen molar-refractivity contribution < 1.29 is 28.0 Å². The first-order valence-corrected chi connectivity index (χ1v) is 4.25. The van der Waals surface area contributed by atoms with Crippen molar-refractivity contribution in [2.45, 2.75) is 17.5 Å². The molecule has 0 saturated carbocycles. The molecule has 1 heterocycles. The number of aromatic nitrogens is 2. The molecule has 1 aromatic rings. The molecule has 87 valence electrons. The summed E-state index contributed by atoms with van der Waals surface area (Å²) in [6, 6.07) is 0. The third-order valence-corrected chi connectivity index (χ3v) is 2.03. The second-order valence-electron chi connectivity index (χ2n) is 2.35. The average molecular weight is 311 g/mol. The van der Waals surface area contributed by atoms with Gasteiger partial charge in [-0.2, -0.15) is 5.10 Å². The van der Waals surface area contributed by atoms with Gasteiger partial charge in [0.1, 0.15) is 0 Å². The fraction of sp³-hybridized carbons (Fsp3) is 0.500. The molecule has 0 unspecified atom stereocenters. The van der Waals surface area contributed by atoms with Crippen LogP contribution in [-0.2, 0) is 20.7 Å². The van der Waals surface area contributed by atoms with E-state index in [1.165, 1.54) is 0 Å². The molecule has 0 saturated heterocycles. The van der Waals surface area contributed by atoms with Crippen LogP contribution in [0.25, 0.3) is 0 Å². The number of hydrogen-bond acceptors (Lipinski definition) is 2. The smallest absolute Gasteiger partial charge is 0.412 e. The molecular formula is C6H12Cl2CuN2O2S+2. The maximum absolute atomic E-state index is 5.78. The molecule has 0 aliphatic heterocycles. The Bertz CT molecular complexity index is 258. The minimum atomic E-state index is -1.15. The normalized spacial score (nSPS) is 9.50. The number of rotatable bonds is 1. The van der Waals surface area contributed by atoms with E-state index in [9.17, 15) is 0 Å². The van der Waals surface area contributed by atoms with Gasteiger partial charge in [-0.05, 0) is 13.8 Å². The van der Waals surface area contributed by atoms with Crippen LogP contribution in [0.3, 0.4) is 0 Å². The molecule has 0 aliphatic rings. The van der Waals surface area contributed by atoms with Gasteiger partial charge in [0.25, 0.3) is 0 Å².